The molecule has 0 aromatic heterocycles. The molecule has 21 heavy (non-hydrogen) atoms. The van der Waals surface area contributed by atoms with Crippen molar-refractivity contribution in [1.29, 1.82) is 0 Å². The summed E-state index contributed by atoms with van der Waals surface area (Å²) in [6, 6.07) is 2.97. The minimum absolute atomic E-state index is 0.0933. The smallest absolute Gasteiger partial charge is 0.416 e. The Morgan fingerprint density at radius 1 is 1.48 bits per heavy atom. The molecule has 0 aliphatic carbocycles. The molecule has 1 saturated heterocycles. The molecule has 4 nitrogen and oxygen atoms in total. The first-order valence-corrected chi connectivity index (χ1v) is 6.63. The van der Waals surface area contributed by atoms with Crippen LogP contribution in [0.1, 0.15) is 28.8 Å². The predicted octanol–water partition coefficient (Wildman–Crippen LogP) is 2.28. The van der Waals surface area contributed by atoms with Gasteiger partial charge in [-0.25, -0.2) is 0 Å². The molecule has 1 aromatic rings. The number of rotatable bonds is 4. The number of alkyl halides is 3. The molecule has 1 amide bonds. The third-order valence-corrected chi connectivity index (χ3v) is 3.68. The maximum atomic E-state index is 12.6. The zero-order chi connectivity index (χ0) is 15.6. The van der Waals surface area contributed by atoms with Crippen molar-refractivity contribution >= 4 is 5.91 Å². The van der Waals surface area contributed by atoms with Crippen LogP contribution in [0.3, 0.4) is 0 Å². The van der Waals surface area contributed by atoms with E-state index in [1.807, 2.05) is 7.05 Å². The lowest BCUT2D eigenvalue weighted by Gasteiger charge is -2.20. The van der Waals surface area contributed by atoms with Crippen LogP contribution in [0.4, 0.5) is 13.2 Å². The van der Waals surface area contributed by atoms with Crippen molar-refractivity contribution in [2.24, 2.45) is 5.73 Å². The van der Waals surface area contributed by atoms with Crippen LogP contribution in [0, 0.1) is 0 Å². The molecule has 2 N–H and O–H groups in total. The number of benzene rings is 1. The van der Waals surface area contributed by atoms with E-state index < -0.39 is 17.6 Å². The zero-order valence-electron chi connectivity index (χ0n) is 11.6. The third kappa shape index (κ3) is 3.66. The van der Waals surface area contributed by atoms with Gasteiger partial charge in [-0.15, -0.1) is 0 Å². The molecule has 0 bridgehead atoms. The number of carbonyl (C=O) groups is 1. The summed E-state index contributed by atoms with van der Waals surface area (Å²) >= 11 is 0. The van der Waals surface area contributed by atoms with Crippen molar-refractivity contribution in [3.8, 4) is 5.75 Å². The first-order chi connectivity index (χ1) is 9.79. The number of likely N-dealkylation sites (tertiary alicyclic amines) is 1. The Morgan fingerprint density at radius 2 is 2.19 bits per heavy atom. The van der Waals surface area contributed by atoms with Gasteiger partial charge in [0.2, 0.25) is 0 Å². The van der Waals surface area contributed by atoms with Gasteiger partial charge in [0, 0.05) is 6.04 Å². The zero-order valence-corrected chi connectivity index (χ0v) is 11.6. The maximum absolute atomic E-state index is 12.6. The fraction of sp³-hybridized carbons (Fsp3) is 0.500. The molecule has 1 fully saturated rings. The third-order valence-electron chi connectivity index (χ3n) is 3.68. The highest BCUT2D eigenvalue weighted by atomic mass is 19.4. The van der Waals surface area contributed by atoms with E-state index in [2.05, 4.69) is 4.90 Å². The Labute approximate surface area is 120 Å². The van der Waals surface area contributed by atoms with Crippen molar-refractivity contribution < 1.29 is 22.7 Å². The molecule has 0 spiro atoms. The standard InChI is InChI=1S/C14H17F3N2O2/c1-19-6-2-3-10(19)8-21-12-5-4-9(14(15,16)17)7-11(12)13(18)20/h4-5,7,10H,2-3,6,8H2,1H3,(H2,18,20)/t10-/m1/s1. The average Bonchev–Trinajstić information content (AvgIpc) is 2.80. The summed E-state index contributed by atoms with van der Waals surface area (Å²) in [4.78, 5) is 13.4. The van der Waals surface area contributed by atoms with Gasteiger partial charge in [0.1, 0.15) is 12.4 Å². The van der Waals surface area contributed by atoms with Crippen LogP contribution in [-0.4, -0.2) is 37.0 Å². The van der Waals surface area contributed by atoms with Crippen molar-refractivity contribution in [2.75, 3.05) is 20.2 Å². The van der Waals surface area contributed by atoms with Crippen LogP contribution >= 0.6 is 0 Å². The average molecular weight is 302 g/mol. The maximum Gasteiger partial charge on any atom is 0.416 e. The summed E-state index contributed by atoms with van der Waals surface area (Å²) in [5.41, 5.74) is 3.98. The van der Waals surface area contributed by atoms with E-state index in [4.69, 9.17) is 10.5 Å². The number of carbonyl (C=O) groups excluding carboxylic acids is 1. The Bertz CT molecular complexity index is 531. The second-order valence-electron chi connectivity index (χ2n) is 5.16. The number of nitrogens with zero attached hydrogens (tertiary/aromatic N) is 1. The minimum atomic E-state index is -4.52. The SMILES string of the molecule is CN1CCC[C@@H]1COc1ccc(C(F)(F)F)cc1C(N)=O. The van der Waals surface area contributed by atoms with Crippen LogP contribution in [0.2, 0.25) is 0 Å². The summed E-state index contributed by atoms with van der Waals surface area (Å²) in [6.07, 6.45) is -2.50. The molecule has 1 aromatic carbocycles. The molecule has 0 radical (unpaired) electrons. The summed E-state index contributed by atoms with van der Waals surface area (Å²) < 4.78 is 43.4. The Balaban J connectivity index is 2.17. The van der Waals surface area contributed by atoms with Gasteiger partial charge in [0.25, 0.3) is 5.91 Å². The second-order valence-corrected chi connectivity index (χ2v) is 5.16. The van der Waals surface area contributed by atoms with Gasteiger partial charge in [-0.2, -0.15) is 13.2 Å². The highest BCUT2D eigenvalue weighted by Crippen LogP contribution is 2.32. The monoisotopic (exact) mass is 302 g/mol. The molecular weight excluding hydrogens is 285 g/mol. The van der Waals surface area contributed by atoms with Gasteiger partial charge in [0.05, 0.1) is 11.1 Å². The van der Waals surface area contributed by atoms with E-state index in [0.29, 0.717) is 6.61 Å². The second kappa shape index (κ2) is 5.93. The number of primary amides is 1. The Morgan fingerprint density at radius 3 is 2.71 bits per heavy atom. The van der Waals surface area contributed by atoms with Gasteiger partial charge < -0.3 is 15.4 Å². The number of hydrogen-bond acceptors (Lipinski definition) is 3. The molecule has 7 heteroatoms. The first-order valence-electron chi connectivity index (χ1n) is 6.63. The van der Waals surface area contributed by atoms with Crippen molar-refractivity contribution in [3.63, 3.8) is 0 Å². The van der Waals surface area contributed by atoms with Gasteiger partial charge in [-0.05, 0) is 44.6 Å². The number of nitrogens with two attached hydrogens (primary N) is 1. The topological polar surface area (TPSA) is 55.6 Å². The quantitative estimate of drug-likeness (QED) is 0.928. The lowest BCUT2D eigenvalue weighted by molar-refractivity contribution is -0.137. The fourth-order valence-electron chi connectivity index (χ4n) is 2.40. The van der Waals surface area contributed by atoms with Crippen molar-refractivity contribution in [2.45, 2.75) is 25.1 Å². The summed E-state index contributed by atoms with van der Waals surface area (Å²) in [6.45, 7) is 1.28. The van der Waals surface area contributed by atoms with Crippen LogP contribution in [0.25, 0.3) is 0 Å². The number of hydrogen-bond donors (Lipinski definition) is 1. The lowest BCUT2D eigenvalue weighted by Crippen LogP contribution is -2.31. The molecular formula is C14H17F3N2O2. The highest BCUT2D eigenvalue weighted by molar-refractivity contribution is 5.95. The van der Waals surface area contributed by atoms with Crippen LogP contribution in [0.5, 0.6) is 5.75 Å². The molecule has 2 rings (SSSR count). The largest absolute Gasteiger partial charge is 0.491 e. The number of amides is 1. The van der Waals surface area contributed by atoms with E-state index in [9.17, 15) is 18.0 Å². The van der Waals surface area contributed by atoms with E-state index >= 15 is 0 Å². The number of halogens is 3. The van der Waals surface area contributed by atoms with Crippen molar-refractivity contribution in [1.82, 2.24) is 4.90 Å². The van der Waals surface area contributed by atoms with Crippen LogP contribution in [0.15, 0.2) is 18.2 Å². The first kappa shape index (κ1) is 15.6. The number of ether oxygens (including phenoxy) is 1. The minimum Gasteiger partial charge on any atom is -0.491 e. The Hall–Kier alpha value is -1.76. The molecule has 0 unspecified atom stereocenters. The van der Waals surface area contributed by atoms with Crippen LogP contribution in [-0.2, 0) is 6.18 Å². The molecule has 116 valence electrons. The molecule has 1 aliphatic rings. The Kier molecular flexibility index (Phi) is 4.41. The molecule has 1 aliphatic heterocycles. The molecule has 1 atom stereocenters. The van der Waals surface area contributed by atoms with E-state index in [1.54, 1.807) is 0 Å². The lowest BCUT2D eigenvalue weighted by atomic mass is 10.1. The fourth-order valence-corrected chi connectivity index (χ4v) is 2.40. The summed E-state index contributed by atoms with van der Waals surface area (Å²) in [5.74, 6) is -0.841. The van der Waals surface area contributed by atoms with Gasteiger partial charge >= 0.3 is 6.18 Å². The van der Waals surface area contributed by atoms with Gasteiger partial charge in [-0.1, -0.05) is 0 Å². The summed E-state index contributed by atoms with van der Waals surface area (Å²) in [7, 11) is 1.96. The molecule has 0 saturated carbocycles. The van der Waals surface area contributed by atoms with Gasteiger partial charge in [0.15, 0.2) is 0 Å². The van der Waals surface area contributed by atoms with E-state index in [-0.39, 0.29) is 17.4 Å². The number of likely N-dealkylation sites (N-methyl/N-ethyl adjacent to an activating group) is 1. The molecule has 1 heterocycles. The van der Waals surface area contributed by atoms with E-state index in [1.165, 1.54) is 0 Å². The van der Waals surface area contributed by atoms with Gasteiger partial charge in [-0.3, -0.25) is 4.79 Å². The van der Waals surface area contributed by atoms with E-state index in [0.717, 1.165) is 37.6 Å². The normalized spacial score (nSPS) is 19.7. The highest BCUT2D eigenvalue weighted by Gasteiger charge is 2.32. The predicted molar refractivity (Wildman–Crippen MR) is 71.1 cm³/mol. The van der Waals surface area contributed by atoms with Crippen molar-refractivity contribution in [3.05, 3.63) is 29.3 Å². The summed E-state index contributed by atoms with van der Waals surface area (Å²) in [5, 5.41) is 0. The van der Waals surface area contributed by atoms with Crippen LogP contribution < -0.4 is 10.5 Å².